The highest BCUT2D eigenvalue weighted by atomic mass is 35.5. The summed E-state index contributed by atoms with van der Waals surface area (Å²) in [5, 5.41) is 12.7. The Bertz CT molecular complexity index is 711. The molecule has 20 heavy (non-hydrogen) atoms. The smallest absolute Gasteiger partial charge is 0.259 e. The number of nitrogens with two attached hydrogens (primary N) is 1. The minimum absolute atomic E-state index is 0.224. The number of carbonyl (C=O) groups excluding carboxylic acids is 1. The topological polar surface area (TPSA) is 78.9 Å². The minimum atomic E-state index is -0.411. The van der Waals surface area contributed by atoms with Crippen LogP contribution in [0.4, 0.5) is 10.7 Å². The maximum atomic E-state index is 12.3. The number of hydrogen-bond acceptors (Lipinski definition) is 4. The number of hydrogen-bond donors (Lipinski definition) is 2. The molecular formula is C14H12ClN3OS. The van der Waals surface area contributed by atoms with Crippen LogP contribution in [0.1, 0.15) is 26.4 Å². The molecule has 1 aromatic carbocycles. The fourth-order valence-corrected chi connectivity index (χ4v) is 3.07. The van der Waals surface area contributed by atoms with Crippen LogP contribution >= 0.6 is 22.9 Å². The SMILES string of the molecule is Cc1sc(NC(=O)c2c(N)cccc2Cl)c(C#N)c1C. The predicted molar refractivity (Wildman–Crippen MR) is 82.3 cm³/mol. The predicted octanol–water partition coefficient (Wildman–Crippen LogP) is 3.72. The summed E-state index contributed by atoms with van der Waals surface area (Å²) in [5.41, 5.74) is 7.66. The number of benzene rings is 1. The number of nitrogens with one attached hydrogen (secondary N) is 1. The molecule has 0 aliphatic heterocycles. The molecule has 6 heteroatoms. The Balaban J connectivity index is 2.39. The van der Waals surface area contributed by atoms with E-state index in [2.05, 4.69) is 11.4 Å². The first kappa shape index (κ1) is 14.4. The van der Waals surface area contributed by atoms with Gasteiger partial charge >= 0.3 is 0 Å². The lowest BCUT2D eigenvalue weighted by molar-refractivity contribution is 0.102. The van der Waals surface area contributed by atoms with Crippen molar-refractivity contribution in [2.75, 3.05) is 11.1 Å². The standard InChI is InChI=1S/C14H12ClN3OS/c1-7-8(2)20-14(9(7)6-16)18-13(19)12-10(15)4-3-5-11(12)17/h3-5H,17H2,1-2H3,(H,18,19). The highest BCUT2D eigenvalue weighted by molar-refractivity contribution is 7.16. The molecule has 1 aromatic heterocycles. The van der Waals surface area contributed by atoms with Crippen molar-refractivity contribution in [2.45, 2.75) is 13.8 Å². The van der Waals surface area contributed by atoms with Crippen molar-refractivity contribution in [3.05, 3.63) is 44.8 Å². The summed E-state index contributed by atoms with van der Waals surface area (Å²) in [6.07, 6.45) is 0. The van der Waals surface area contributed by atoms with E-state index in [4.69, 9.17) is 22.6 Å². The minimum Gasteiger partial charge on any atom is -0.398 e. The van der Waals surface area contributed by atoms with Crippen LogP contribution in [0.5, 0.6) is 0 Å². The van der Waals surface area contributed by atoms with E-state index in [1.807, 2.05) is 13.8 Å². The number of rotatable bonds is 2. The lowest BCUT2D eigenvalue weighted by atomic mass is 10.1. The molecule has 1 heterocycles. The number of thiophene rings is 1. The molecule has 0 atom stereocenters. The van der Waals surface area contributed by atoms with Crippen molar-refractivity contribution in [3.63, 3.8) is 0 Å². The van der Waals surface area contributed by atoms with Crippen LogP contribution in [0.25, 0.3) is 0 Å². The first-order chi connectivity index (χ1) is 9.45. The molecule has 4 nitrogen and oxygen atoms in total. The van der Waals surface area contributed by atoms with Crippen molar-refractivity contribution >= 4 is 39.5 Å². The van der Waals surface area contributed by atoms with Crippen LogP contribution < -0.4 is 11.1 Å². The Labute approximate surface area is 125 Å². The molecule has 0 unspecified atom stereocenters. The van der Waals surface area contributed by atoms with Crippen LogP contribution in [0.3, 0.4) is 0 Å². The molecule has 0 aliphatic rings. The quantitative estimate of drug-likeness (QED) is 0.830. The van der Waals surface area contributed by atoms with Gasteiger partial charge in [-0.3, -0.25) is 4.79 Å². The fourth-order valence-electron chi connectivity index (χ4n) is 1.80. The van der Waals surface area contributed by atoms with Gasteiger partial charge in [-0.2, -0.15) is 5.26 Å². The molecule has 0 radical (unpaired) electrons. The van der Waals surface area contributed by atoms with E-state index in [0.717, 1.165) is 10.4 Å². The van der Waals surface area contributed by atoms with Gasteiger partial charge in [-0.1, -0.05) is 17.7 Å². The van der Waals surface area contributed by atoms with Gasteiger partial charge in [0.25, 0.3) is 5.91 Å². The van der Waals surface area contributed by atoms with E-state index < -0.39 is 5.91 Å². The molecule has 0 saturated carbocycles. The molecule has 0 aliphatic carbocycles. The molecule has 102 valence electrons. The second-order valence-electron chi connectivity index (χ2n) is 4.26. The van der Waals surface area contributed by atoms with Crippen LogP contribution in [0, 0.1) is 25.2 Å². The van der Waals surface area contributed by atoms with Crippen molar-refractivity contribution in [1.29, 1.82) is 5.26 Å². The zero-order chi connectivity index (χ0) is 14.9. The number of carbonyl (C=O) groups is 1. The Morgan fingerprint density at radius 3 is 2.75 bits per heavy atom. The molecule has 0 bridgehead atoms. The van der Waals surface area contributed by atoms with E-state index in [-0.39, 0.29) is 10.6 Å². The maximum absolute atomic E-state index is 12.3. The van der Waals surface area contributed by atoms with Crippen molar-refractivity contribution in [3.8, 4) is 6.07 Å². The van der Waals surface area contributed by atoms with Crippen LogP contribution in [0.2, 0.25) is 5.02 Å². The molecule has 1 amide bonds. The Morgan fingerprint density at radius 1 is 1.45 bits per heavy atom. The van der Waals surface area contributed by atoms with E-state index >= 15 is 0 Å². The summed E-state index contributed by atoms with van der Waals surface area (Å²) >= 11 is 7.36. The molecule has 0 spiro atoms. The number of nitriles is 1. The summed E-state index contributed by atoms with van der Waals surface area (Å²) < 4.78 is 0. The average Bonchev–Trinajstić information content (AvgIpc) is 2.64. The first-order valence-corrected chi connectivity index (χ1v) is 7.00. The molecule has 2 aromatic rings. The number of amides is 1. The second-order valence-corrected chi connectivity index (χ2v) is 5.89. The highest BCUT2D eigenvalue weighted by Crippen LogP contribution is 2.33. The van der Waals surface area contributed by atoms with E-state index in [0.29, 0.717) is 16.3 Å². The third-order valence-electron chi connectivity index (χ3n) is 3.00. The number of aryl methyl sites for hydroxylation is 1. The van der Waals surface area contributed by atoms with Gasteiger partial charge in [0.1, 0.15) is 11.1 Å². The Hall–Kier alpha value is -2.03. The molecular weight excluding hydrogens is 294 g/mol. The Morgan fingerprint density at radius 2 is 2.15 bits per heavy atom. The summed E-state index contributed by atoms with van der Waals surface area (Å²) in [6, 6.07) is 6.99. The van der Waals surface area contributed by atoms with Crippen molar-refractivity contribution in [2.24, 2.45) is 0 Å². The van der Waals surface area contributed by atoms with Crippen LogP contribution in [-0.2, 0) is 0 Å². The number of nitrogens with zero attached hydrogens (tertiary/aromatic N) is 1. The van der Waals surface area contributed by atoms with Crippen molar-refractivity contribution < 1.29 is 4.79 Å². The molecule has 0 fully saturated rings. The third kappa shape index (κ3) is 2.48. The third-order valence-corrected chi connectivity index (χ3v) is 4.43. The zero-order valence-electron chi connectivity index (χ0n) is 11.0. The zero-order valence-corrected chi connectivity index (χ0v) is 12.5. The number of halogens is 1. The monoisotopic (exact) mass is 305 g/mol. The number of anilines is 2. The van der Waals surface area contributed by atoms with Gasteiger partial charge in [-0.25, -0.2) is 0 Å². The molecule has 3 N–H and O–H groups in total. The van der Waals surface area contributed by atoms with Gasteiger partial charge in [0, 0.05) is 10.6 Å². The largest absolute Gasteiger partial charge is 0.398 e. The first-order valence-electron chi connectivity index (χ1n) is 5.81. The van der Waals surface area contributed by atoms with E-state index in [1.165, 1.54) is 11.3 Å². The fraction of sp³-hybridized carbons (Fsp3) is 0.143. The van der Waals surface area contributed by atoms with Crippen LogP contribution in [0.15, 0.2) is 18.2 Å². The van der Waals surface area contributed by atoms with Crippen molar-refractivity contribution in [1.82, 2.24) is 0 Å². The second kappa shape index (κ2) is 5.53. The molecule has 0 saturated heterocycles. The van der Waals surface area contributed by atoms with Crippen LogP contribution in [-0.4, -0.2) is 5.91 Å². The summed E-state index contributed by atoms with van der Waals surface area (Å²) in [5.74, 6) is -0.411. The lowest BCUT2D eigenvalue weighted by Crippen LogP contribution is -2.14. The van der Waals surface area contributed by atoms with Gasteiger partial charge in [0.2, 0.25) is 0 Å². The number of nitrogen functional groups attached to an aromatic ring is 1. The average molecular weight is 306 g/mol. The normalized spacial score (nSPS) is 10.1. The summed E-state index contributed by atoms with van der Waals surface area (Å²) in [4.78, 5) is 13.3. The summed E-state index contributed by atoms with van der Waals surface area (Å²) in [6.45, 7) is 3.75. The highest BCUT2D eigenvalue weighted by Gasteiger charge is 2.18. The molecule has 2 rings (SSSR count). The van der Waals surface area contributed by atoms with E-state index in [1.54, 1.807) is 18.2 Å². The van der Waals surface area contributed by atoms with Gasteiger partial charge in [-0.05, 0) is 31.5 Å². The van der Waals surface area contributed by atoms with Gasteiger partial charge in [0.05, 0.1) is 16.1 Å². The van der Waals surface area contributed by atoms with Gasteiger partial charge < -0.3 is 11.1 Å². The van der Waals surface area contributed by atoms with Gasteiger partial charge in [-0.15, -0.1) is 11.3 Å². The maximum Gasteiger partial charge on any atom is 0.259 e. The van der Waals surface area contributed by atoms with E-state index in [9.17, 15) is 4.79 Å². The summed E-state index contributed by atoms with van der Waals surface area (Å²) in [7, 11) is 0. The van der Waals surface area contributed by atoms with Gasteiger partial charge in [0.15, 0.2) is 0 Å². The lowest BCUT2D eigenvalue weighted by Gasteiger charge is -2.08. The Kier molecular flexibility index (Phi) is 3.98.